The second-order valence-electron chi connectivity index (χ2n) is 5.27. The van der Waals surface area contributed by atoms with Crippen LogP contribution in [0.25, 0.3) is 0 Å². The summed E-state index contributed by atoms with van der Waals surface area (Å²) in [4.78, 5) is 18.5. The molecule has 2 rings (SSSR count). The molecule has 1 aromatic heterocycles. The van der Waals surface area contributed by atoms with Gasteiger partial charge in [0.25, 0.3) is 5.91 Å². The third-order valence-corrected chi connectivity index (χ3v) is 3.97. The number of hydrogen-bond donors (Lipinski definition) is 1. The molecule has 0 atom stereocenters. The number of piperidine rings is 1. The van der Waals surface area contributed by atoms with Gasteiger partial charge in [-0.3, -0.25) is 9.78 Å². The maximum atomic E-state index is 12.4. The number of amides is 1. The van der Waals surface area contributed by atoms with Gasteiger partial charge in [-0.15, -0.1) is 0 Å². The molecule has 1 amide bonds. The molecule has 0 bridgehead atoms. The van der Waals surface area contributed by atoms with Crippen LogP contribution in [0.15, 0.2) is 18.3 Å². The second kappa shape index (κ2) is 5.06. The lowest BCUT2D eigenvalue weighted by Gasteiger charge is -2.39. The molecule has 1 aliphatic rings. The molecule has 18 heavy (non-hydrogen) atoms. The average molecular weight is 247 g/mol. The first-order valence-corrected chi connectivity index (χ1v) is 6.45. The molecular weight excluding hydrogens is 226 g/mol. The van der Waals surface area contributed by atoms with E-state index in [4.69, 9.17) is 0 Å². The molecule has 0 aliphatic carbocycles. The van der Waals surface area contributed by atoms with Gasteiger partial charge < -0.3 is 10.2 Å². The first-order valence-electron chi connectivity index (χ1n) is 6.45. The molecular formula is C14H21N3O. The molecule has 0 aromatic carbocycles. The van der Waals surface area contributed by atoms with E-state index in [-0.39, 0.29) is 11.4 Å². The SMILES string of the molecule is CNC1(C)CCN(C(=O)c2ncccc2C)CC1. The Bertz CT molecular complexity index is 436. The molecule has 0 unspecified atom stereocenters. The predicted octanol–water partition coefficient (Wildman–Crippen LogP) is 1.60. The highest BCUT2D eigenvalue weighted by Gasteiger charge is 2.31. The van der Waals surface area contributed by atoms with Crippen molar-refractivity contribution in [2.75, 3.05) is 20.1 Å². The topological polar surface area (TPSA) is 45.2 Å². The Morgan fingerprint density at radius 3 is 2.67 bits per heavy atom. The van der Waals surface area contributed by atoms with Gasteiger partial charge in [0.1, 0.15) is 5.69 Å². The molecule has 1 aromatic rings. The summed E-state index contributed by atoms with van der Waals surface area (Å²) in [7, 11) is 1.99. The summed E-state index contributed by atoms with van der Waals surface area (Å²) >= 11 is 0. The van der Waals surface area contributed by atoms with Crippen LogP contribution in [0.4, 0.5) is 0 Å². The Morgan fingerprint density at radius 1 is 1.44 bits per heavy atom. The van der Waals surface area contributed by atoms with E-state index in [1.54, 1.807) is 6.20 Å². The Balaban J connectivity index is 2.07. The Labute approximate surface area is 108 Å². The highest BCUT2D eigenvalue weighted by molar-refractivity contribution is 5.93. The summed E-state index contributed by atoms with van der Waals surface area (Å²) in [6.07, 6.45) is 3.66. The lowest BCUT2D eigenvalue weighted by Crippen LogP contribution is -2.51. The molecule has 4 heteroatoms. The number of carbonyl (C=O) groups excluding carboxylic acids is 1. The number of carbonyl (C=O) groups is 1. The predicted molar refractivity (Wildman–Crippen MR) is 71.6 cm³/mol. The number of aromatic nitrogens is 1. The molecule has 1 aliphatic heterocycles. The van der Waals surface area contributed by atoms with Crippen LogP contribution in [0, 0.1) is 6.92 Å². The van der Waals surface area contributed by atoms with Crippen LogP contribution < -0.4 is 5.32 Å². The first kappa shape index (κ1) is 13.0. The number of nitrogens with zero attached hydrogens (tertiary/aromatic N) is 2. The van der Waals surface area contributed by atoms with Crippen molar-refractivity contribution in [2.24, 2.45) is 0 Å². The van der Waals surface area contributed by atoms with Crippen molar-refractivity contribution in [3.8, 4) is 0 Å². The Hall–Kier alpha value is -1.42. The van der Waals surface area contributed by atoms with Crippen LogP contribution in [0.1, 0.15) is 35.8 Å². The van der Waals surface area contributed by atoms with E-state index in [9.17, 15) is 4.79 Å². The van der Waals surface area contributed by atoms with Crippen LogP contribution in [-0.2, 0) is 0 Å². The quantitative estimate of drug-likeness (QED) is 0.863. The minimum Gasteiger partial charge on any atom is -0.337 e. The number of rotatable bonds is 2. The lowest BCUT2D eigenvalue weighted by molar-refractivity contribution is 0.0655. The van der Waals surface area contributed by atoms with E-state index in [0.29, 0.717) is 5.69 Å². The molecule has 1 fully saturated rings. The molecule has 1 saturated heterocycles. The van der Waals surface area contributed by atoms with Crippen molar-refractivity contribution >= 4 is 5.91 Å². The summed E-state index contributed by atoms with van der Waals surface area (Å²) in [6.45, 7) is 5.74. The molecule has 1 N–H and O–H groups in total. The van der Waals surface area contributed by atoms with E-state index in [2.05, 4.69) is 17.2 Å². The number of likely N-dealkylation sites (tertiary alicyclic amines) is 1. The van der Waals surface area contributed by atoms with Gasteiger partial charge in [0.2, 0.25) is 0 Å². The number of hydrogen-bond acceptors (Lipinski definition) is 3. The van der Waals surface area contributed by atoms with Gasteiger partial charge >= 0.3 is 0 Å². The van der Waals surface area contributed by atoms with Crippen LogP contribution in [0.3, 0.4) is 0 Å². The van der Waals surface area contributed by atoms with Crippen molar-refractivity contribution in [2.45, 2.75) is 32.2 Å². The van der Waals surface area contributed by atoms with Crippen LogP contribution in [-0.4, -0.2) is 41.5 Å². The minimum atomic E-state index is 0.0613. The van der Waals surface area contributed by atoms with Crippen molar-refractivity contribution in [3.63, 3.8) is 0 Å². The molecule has 4 nitrogen and oxygen atoms in total. The van der Waals surface area contributed by atoms with E-state index < -0.39 is 0 Å². The summed E-state index contributed by atoms with van der Waals surface area (Å²) < 4.78 is 0. The van der Waals surface area contributed by atoms with Gasteiger partial charge in [-0.05, 0) is 45.4 Å². The van der Waals surface area contributed by atoms with Gasteiger partial charge in [-0.1, -0.05) is 6.07 Å². The van der Waals surface area contributed by atoms with E-state index in [1.165, 1.54) is 0 Å². The van der Waals surface area contributed by atoms with E-state index in [0.717, 1.165) is 31.5 Å². The Kier molecular flexibility index (Phi) is 3.66. The molecule has 0 saturated carbocycles. The standard InChI is InChI=1S/C14H21N3O/c1-11-5-4-8-16-12(11)13(18)17-9-6-14(2,15-3)7-10-17/h4-5,8,15H,6-7,9-10H2,1-3H3. The van der Waals surface area contributed by atoms with Crippen molar-refractivity contribution < 1.29 is 4.79 Å². The largest absolute Gasteiger partial charge is 0.337 e. The summed E-state index contributed by atoms with van der Waals surface area (Å²) in [5.74, 6) is 0.0613. The van der Waals surface area contributed by atoms with Gasteiger partial charge in [-0.25, -0.2) is 0 Å². The van der Waals surface area contributed by atoms with Crippen molar-refractivity contribution in [1.82, 2.24) is 15.2 Å². The maximum Gasteiger partial charge on any atom is 0.272 e. The number of aryl methyl sites for hydroxylation is 1. The maximum absolute atomic E-state index is 12.4. The summed E-state index contributed by atoms with van der Waals surface area (Å²) in [6, 6.07) is 3.79. The average Bonchev–Trinajstić information content (AvgIpc) is 2.39. The van der Waals surface area contributed by atoms with Crippen LogP contribution >= 0.6 is 0 Å². The lowest BCUT2D eigenvalue weighted by atomic mass is 9.90. The summed E-state index contributed by atoms with van der Waals surface area (Å²) in [5.41, 5.74) is 1.70. The normalized spacial score (nSPS) is 18.7. The third kappa shape index (κ3) is 2.53. The molecule has 2 heterocycles. The monoisotopic (exact) mass is 247 g/mol. The fourth-order valence-corrected chi connectivity index (χ4v) is 2.31. The minimum absolute atomic E-state index is 0.0613. The van der Waals surface area contributed by atoms with Gasteiger partial charge in [0.15, 0.2) is 0 Å². The number of pyridine rings is 1. The van der Waals surface area contributed by atoms with Crippen molar-refractivity contribution in [1.29, 1.82) is 0 Å². The molecule has 98 valence electrons. The molecule has 0 spiro atoms. The third-order valence-electron chi connectivity index (χ3n) is 3.97. The fourth-order valence-electron chi connectivity index (χ4n) is 2.31. The fraction of sp³-hybridized carbons (Fsp3) is 0.571. The summed E-state index contributed by atoms with van der Waals surface area (Å²) in [5, 5.41) is 3.34. The van der Waals surface area contributed by atoms with Gasteiger partial charge in [0.05, 0.1) is 0 Å². The zero-order valence-electron chi connectivity index (χ0n) is 11.4. The van der Waals surface area contributed by atoms with E-state index in [1.807, 2.05) is 31.0 Å². The highest BCUT2D eigenvalue weighted by Crippen LogP contribution is 2.22. The van der Waals surface area contributed by atoms with Crippen molar-refractivity contribution in [3.05, 3.63) is 29.6 Å². The van der Waals surface area contributed by atoms with E-state index >= 15 is 0 Å². The zero-order chi connectivity index (χ0) is 13.2. The van der Waals surface area contributed by atoms with Crippen LogP contribution in [0.2, 0.25) is 0 Å². The van der Waals surface area contributed by atoms with Crippen LogP contribution in [0.5, 0.6) is 0 Å². The smallest absolute Gasteiger partial charge is 0.272 e. The first-order chi connectivity index (χ1) is 8.56. The highest BCUT2D eigenvalue weighted by atomic mass is 16.2. The Morgan fingerprint density at radius 2 is 2.11 bits per heavy atom. The molecule has 0 radical (unpaired) electrons. The number of nitrogens with one attached hydrogen (secondary N) is 1. The van der Waals surface area contributed by atoms with Gasteiger partial charge in [-0.2, -0.15) is 0 Å². The van der Waals surface area contributed by atoms with Gasteiger partial charge in [0, 0.05) is 24.8 Å². The zero-order valence-corrected chi connectivity index (χ0v) is 11.4. The second-order valence-corrected chi connectivity index (χ2v) is 5.27.